The quantitative estimate of drug-likeness (QED) is 0.799. The van der Waals surface area contributed by atoms with E-state index in [9.17, 15) is 14.4 Å². The molecule has 0 radical (unpaired) electrons. The number of Topliss-reactive ketones (excluding diaryl/α,β-unsaturated/α-hetero) is 2. The Morgan fingerprint density at radius 1 is 1.05 bits per heavy atom. The second kappa shape index (κ2) is 4.42. The van der Waals surface area contributed by atoms with Gasteiger partial charge in [-0.25, -0.2) is 0 Å². The number of rotatable bonds is 2. The summed E-state index contributed by atoms with van der Waals surface area (Å²) in [5.74, 6) is -2.51. The highest BCUT2D eigenvalue weighted by molar-refractivity contribution is 6.61. The predicted octanol–water partition coefficient (Wildman–Crippen LogP) is 0.397. The number of carboxylic acid groups (broad SMARTS) is 1. The normalized spacial score (nSPS) is 14.1. The lowest BCUT2D eigenvalue weighted by molar-refractivity contribution is -0.136. The van der Waals surface area contributed by atoms with Crippen molar-refractivity contribution >= 4 is 40.0 Å². The van der Waals surface area contributed by atoms with Crippen molar-refractivity contribution in [2.24, 2.45) is 0 Å². The molecule has 2 aromatic carbocycles. The smallest absolute Gasteiger partial charge is 0.307 e. The van der Waals surface area contributed by atoms with E-state index in [1.54, 1.807) is 12.1 Å². The molecule has 4 nitrogen and oxygen atoms in total. The highest BCUT2D eigenvalue weighted by atomic mass is 16.4. The molecule has 0 spiro atoms. The fraction of sp³-hybridized carbons (Fsp3) is 0.0625. The zero-order valence-corrected chi connectivity index (χ0v) is 10.4. The molecule has 0 saturated carbocycles. The molecule has 0 heterocycles. The molecule has 2 aromatic rings. The Balaban J connectivity index is 2.45. The summed E-state index contributed by atoms with van der Waals surface area (Å²) >= 11 is 0. The highest BCUT2D eigenvalue weighted by Crippen LogP contribution is 2.12. The molecule has 0 fully saturated rings. The van der Waals surface area contributed by atoms with Gasteiger partial charge in [-0.15, -0.1) is 0 Å². The zero-order chi connectivity index (χ0) is 14.3. The Bertz CT molecular complexity index is 890. The van der Waals surface area contributed by atoms with Crippen molar-refractivity contribution in [3.05, 3.63) is 46.8 Å². The van der Waals surface area contributed by atoms with E-state index < -0.39 is 24.0 Å². The average molecular weight is 266 g/mol. The predicted molar refractivity (Wildman–Crippen MR) is 73.3 cm³/mol. The van der Waals surface area contributed by atoms with Crippen LogP contribution < -0.4 is 10.4 Å². The number of hydrogen-bond acceptors (Lipinski definition) is 3. The minimum Gasteiger partial charge on any atom is -0.481 e. The lowest BCUT2D eigenvalue weighted by atomic mass is 9.93. The minimum absolute atomic E-state index is 0.0609. The summed E-state index contributed by atoms with van der Waals surface area (Å²) in [5, 5.41) is 11.9. The number of aliphatic carboxylic acids is 1. The van der Waals surface area contributed by atoms with Crippen LogP contribution in [0.4, 0.5) is 0 Å². The molecule has 98 valence electrons. The number of carbonyl (C=O) groups is 3. The van der Waals surface area contributed by atoms with Crippen LogP contribution in [0.3, 0.4) is 0 Å². The summed E-state index contributed by atoms with van der Waals surface area (Å²) in [7, 11) is 0. The van der Waals surface area contributed by atoms with Gasteiger partial charge in [0.15, 0.2) is 0 Å². The van der Waals surface area contributed by atoms with E-state index in [0.29, 0.717) is 10.4 Å². The molecular formula is C16H10O4. The summed E-state index contributed by atoms with van der Waals surface area (Å²) in [4.78, 5) is 34.4. The van der Waals surface area contributed by atoms with E-state index in [1.807, 2.05) is 24.3 Å². The fourth-order valence-corrected chi connectivity index (χ4v) is 2.44. The van der Waals surface area contributed by atoms with Gasteiger partial charge in [-0.3, -0.25) is 14.4 Å². The highest BCUT2D eigenvalue weighted by Gasteiger charge is 2.23. The summed E-state index contributed by atoms with van der Waals surface area (Å²) in [6.45, 7) is 0. The van der Waals surface area contributed by atoms with Gasteiger partial charge in [-0.1, -0.05) is 24.3 Å². The second-order valence-corrected chi connectivity index (χ2v) is 4.67. The lowest BCUT2D eigenvalue weighted by Crippen LogP contribution is -2.38. The van der Waals surface area contributed by atoms with Crippen molar-refractivity contribution < 1.29 is 19.5 Å². The van der Waals surface area contributed by atoms with Crippen molar-refractivity contribution in [1.82, 2.24) is 0 Å². The first-order chi connectivity index (χ1) is 9.56. The molecule has 0 aliphatic heterocycles. The van der Waals surface area contributed by atoms with Crippen molar-refractivity contribution in [3.8, 4) is 0 Å². The maximum Gasteiger partial charge on any atom is 0.307 e. The lowest BCUT2D eigenvalue weighted by Gasteiger charge is -2.08. The molecule has 0 atom stereocenters. The molecule has 0 aromatic heterocycles. The van der Waals surface area contributed by atoms with Gasteiger partial charge in [-0.05, 0) is 39.4 Å². The first kappa shape index (κ1) is 12.3. The average Bonchev–Trinajstić information content (AvgIpc) is 2.42. The molecule has 20 heavy (non-hydrogen) atoms. The van der Waals surface area contributed by atoms with E-state index >= 15 is 0 Å². The van der Waals surface area contributed by atoms with Gasteiger partial charge in [0, 0.05) is 5.57 Å². The monoisotopic (exact) mass is 266 g/mol. The molecule has 0 amide bonds. The van der Waals surface area contributed by atoms with Gasteiger partial charge in [0.1, 0.15) is 0 Å². The van der Waals surface area contributed by atoms with Crippen LogP contribution in [-0.4, -0.2) is 22.6 Å². The second-order valence-electron chi connectivity index (χ2n) is 4.67. The van der Waals surface area contributed by atoms with Gasteiger partial charge >= 0.3 is 5.97 Å². The number of ketones is 2. The van der Waals surface area contributed by atoms with Crippen LogP contribution in [0.5, 0.6) is 0 Å². The van der Waals surface area contributed by atoms with Crippen molar-refractivity contribution in [2.75, 3.05) is 0 Å². The molecule has 4 heteroatoms. The fourth-order valence-electron chi connectivity index (χ4n) is 2.44. The number of benzene rings is 2. The summed E-state index contributed by atoms with van der Waals surface area (Å²) in [6, 6.07) is 11.1. The zero-order valence-electron chi connectivity index (χ0n) is 10.4. The van der Waals surface area contributed by atoms with Crippen LogP contribution in [0.1, 0.15) is 6.42 Å². The third kappa shape index (κ3) is 1.91. The first-order valence-electron chi connectivity index (χ1n) is 6.10. The molecular weight excluding hydrogens is 256 g/mol. The van der Waals surface area contributed by atoms with Gasteiger partial charge in [-0.2, -0.15) is 0 Å². The SMILES string of the molecule is O=C(O)CC1=c2cc3ccccc3cc2=CC(=O)C1=O. The van der Waals surface area contributed by atoms with Crippen LogP contribution in [0, 0.1) is 0 Å². The van der Waals surface area contributed by atoms with E-state index in [4.69, 9.17) is 5.11 Å². The number of hydrogen-bond donors (Lipinski definition) is 1. The Labute approximate surface area is 113 Å². The third-order valence-electron chi connectivity index (χ3n) is 3.36. The van der Waals surface area contributed by atoms with E-state index in [0.717, 1.165) is 10.8 Å². The number of carboxylic acids is 1. The molecule has 3 rings (SSSR count). The maximum absolute atomic E-state index is 11.9. The summed E-state index contributed by atoms with van der Waals surface area (Å²) in [5.41, 5.74) is 0.0609. The third-order valence-corrected chi connectivity index (χ3v) is 3.36. The van der Waals surface area contributed by atoms with Crippen molar-refractivity contribution in [3.63, 3.8) is 0 Å². The van der Waals surface area contributed by atoms with E-state index in [1.165, 1.54) is 6.08 Å². The van der Waals surface area contributed by atoms with E-state index in [2.05, 4.69) is 0 Å². The Morgan fingerprint density at radius 2 is 1.70 bits per heavy atom. The van der Waals surface area contributed by atoms with Crippen LogP contribution in [-0.2, 0) is 14.4 Å². The molecule has 0 bridgehead atoms. The summed E-state index contributed by atoms with van der Waals surface area (Å²) < 4.78 is 0. The Hall–Kier alpha value is -2.75. The van der Waals surface area contributed by atoms with Crippen LogP contribution >= 0.6 is 0 Å². The van der Waals surface area contributed by atoms with Crippen molar-refractivity contribution in [2.45, 2.75) is 6.42 Å². The van der Waals surface area contributed by atoms with Gasteiger partial charge in [0.2, 0.25) is 11.6 Å². The topological polar surface area (TPSA) is 71.4 Å². The molecule has 0 saturated heterocycles. The molecule has 1 aliphatic rings. The van der Waals surface area contributed by atoms with Gasteiger partial charge in [0.05, 0.1) is 6.42 Å². The van der Waals surface area contributed by atoms with Crippen LogP contribution in [0.2, 0.25) is 0 Å². The standard InChI is InChI=1S/C16H10O4/c17-14-7-11-5-9-3-1-2-4-10(9)6-12(11)13(16(14)20)8-15(18)19/h1-7H,8H2,(H,18,19). The van der Waals surface area contributed by atoms with Crippen molar-refractivity contribution in [1.29, 1.82) is 0 Å². The molecule has 0 unspecified atom stereocenters. The molecule has 1 aliphatic carbocycles. The number of carbonyl (C=O) groups excluding carboxylic acids is 2. The molecule has 1 N–H and O–H groups in total. The summed E-state index contributed by atoms with van der Waals surface area (Å²) in [6.07, 6.45) is 0.833. The number of fused-ring (bicyclic) bond motifs is 2. The van der Waals surface area contributed by atoms with Crippen LogP contribution in [0.15, 0.2) is 36.4 Å². The van der Waals surface area contributed by atoms with E-state index in [-0.39, 0.29) is 5.57 Å². The van der Waals surface area contributed by atoms with Gasteiger partial charge < -0.3 is 5.11 Å². The Morgan fingerprint density at radius 3 is 2.35 bits per heavy atom. The van der Waals surface area contributed by atoms with Crippen LogP contribution in [0.25, 0.3) is 22.4 Å². The maximum atomic E-state index is 11.9. The Kier molecular flexibility index (Phi) is 2.71. The largest absolute Gasteiger partial charge is 0.481 e. The van der Waals surface area contributed by atoms with Gasteiger partial charge in [0.25, 0.3) is 0 Å². The minimum atomic E-state index is -1.12. The first-order valence-corrected chi connectivity index (χ1v) is 6.10.